The van der Waals surface area contributed by atoms with Gasteiger partial charge in [0.05, 0.1) is 12.3 Å². The summed E-state index contributed by atoms with van der Waals surface area (Å²) in [5.74, 6) is 0. The molecule has 0 saturated carbocycles. The molecule has 1 fully saturated rings. The third-order valence-electron chi connectivity index (χ3n) is 2.85. The summed E-state index contributed by atoms with van der Waals surface area (Å²) in [4.78, 5) is 6.45. The van der Waals surface area contributed by atoms with Gasteiger partial charge in [-0.2, -0.15) is 0 Å². The molecule has 1 aromatic rings. The smallest absolute Gasteiger partial charge is 0.0853 e. The van der Waals surface area contributed by atoms with Gasteiger partial charge in [0.2, 0.25) is 0 Å². The number of anilines is 1. The second-order valence-corrected chi connectivity index (χ2v) is 3.85. The highest BCUT2D eigenvalue weighted by atomic mass is 16.3. The molecule has 0 aromatic carbocycles. The Balaban J connectivity index is 2.22. The third-order valence-corrected chi connectivity index (χ3v) is 2.85. The maximum absolute atomic E-state index is 8.99. The van der Waals surface area contributed by atoms with Gasteiger partial charge < -0.3 is 10.0 Å². The molecule has 1 aromatic heterocycles. The zero-order valence-corrected chi connectivity index (χ0v) is 8.48. The second-order valence-electron chi connectivity index (χ2n) is 3.85. The van der Waals surface area contributed by atoms with Crippen LogP contribution >= 0.6 is 0 Å². The fourth-order valence-corrected chi connectivity index (χ4v) is 2.05. The highest BCUT2D eigenvalue weighted by Crippen LogP contribution is 2.24. The Hall–Kier alpha value is -1.09. The molecule has 0 bridgehead atoms. The highest BCUT2D eigenvalue weighted by molar-refractivity contribution is 5.48. The lowest BCUT2D eigenvalue weighted by Crippen LogP contribution is -2.26. The largest absolute Gasteiger partial charge is 0.390 e. The van der Waals surface area contributed by atoms with Gasteiger partial charge in [-0.25, -0.2) is 0 Å². The van der Waals surface area contributed by atoms with Crippen LogP contribution in [0.2, 0.25) is 0 Å². The highest BCUT2D eigenvalue weighted by Gasteiger charge is 2.20. The van der Waals surface area contributed by atoms with Crippen LogP contribution in [0.25, 0.3) is 0 Å². The maximum Gasteiger partial charge on any atom is 0.0853 e. The average molecular weight is 192 g/mol. The average Bonchev–Trinajstić information content (AvgIpc) is 2.65. The summed E-state index contributed by atoms with van der Waals surface area (Å²) in [6.07, 6.45) is 4.29. The molecule has 2 heterocycles. The lowest BCUT2D eigenvalue weighted by Gasteiger charge is -2.23. The van der Waals surface area contributed by atoms with Gasteiger partial charge in [-0.1, -0.05) is 0 Å². The summed E-state index contributed by atoms with van der Waals surface area (Å²) in [5, 5.41) is 8.99. The molecular weight excluding hydrogens is 176 g/mol. The molecule has 1 saturated heterocycles. The van der Waals surface area contributed by atoms with E-state index < -0.39 is 0 Å². The van der Waals surface area contributed by atoms with Gasteiger partial charge in [0.1, 0.15) is 0 Å². The number of aromatic nitrogens is 1. The number of hydrogen-bond acceptors (Lipinski definition) is 3. The molecule has 1 aliphatic heterocycles. The van der Waals surface area contributed by atoms with Crippen molar-refractivity contribution in [1.82, 2.24) is 4.98 Å². The van der Waals surface area contributed by atoms with Crippen LogP contribution in [0.5, 0.6) is 0 Å². The maximum atomic E-state index is 8.99. The Morgan fingerprint density at radius 1 is 1.64 bits per heavy atom. The molecule has 2 rings (SSSR count). The molecule has 0 spiro atoms. The van der Waals surface area contributed by atoms with Crippen LogP contribution in [0.15, 0.2) is 18.3 Å². The zero-order chi connectivity index (χ0) is 9.97. The summed E-state index contributed by atoms with van der Waals surface area (Å²) in [6, 6.07) is 4.60. The molecule has 0 aliphatic carbocycles. The summed E-state index contributed by atoms with van der Waals surface area (Å²) < 4.78 is 0. The fourth-order valence-electron chi connectivity index (χ4n) is 2.05. The summed E-state index contributed by atoms with van der Waals surface area (Å²) in [5.41, 5.74) is 1.94. The minimum atomic E-state index is 0.0239. The lowest BCUT2D eigenvalue weighted by atomic mass is 10.2. The first-order chi connectivity index (χ1) is 6.81. The fraction of sp³-hybridized carbons (Fsp3) is 0.545. The van der Waals surface area contributed by atoms with Crippen molar-refractivity contribution < 1.29 is 5.11 Å². The van der Waals surface area contributed by atoms with E-state index in [-0.39, 0.29) is 6.61 Å². The molecule has 76 valence electrons. The Kier molecular flexibility index (Phi) is 2.68. The SMILES string of the molecule is CC1CCCN1c1ccnc(CO)c1. The molecule has 1 aliphatic rings. The lowest BCUT2D eigenvalue weighted by molar-refractivity contribution is 0.277. The summed E-state index contributed by atoms with van der Waals surface area (Å²) in [6.45, 7) is 3.39. The third kappa shape index (κ3) is 1.73. The Labute approximate surface area is 84.4 Å². The zero-order valence-electron chi connectivity index (χ0n) is 8.48. The second kappa shape index (κ2) is 3.96. The first-order valence-corrected chi connectivity index (χ1v) is 5.13. The van der Waals surface area contributed by atoms with Crippen LogP contribution < -0.4 is 4.90 Å². The normalized spacial score (nSPS) is 21.6. The first-order valence-electron chi connectivity index (χ1n) is 5.13. The van der Waals surface area contributed by atoms with Crippen LogP contribution in [0, 0.1) is 0 Å². The van der Waals surface area contributed by atoms with Gasteiger partial charge in [-0.15, -0.1) is 0 Å². The van der Waals surface area contributed by atoms with E-state index in [1.165, 1.54) is 18.5 Å². The Morgan fingerprint density at radius 2 is 2.50 bits per heavy atom. The minimum absolute atomic E-state index is 0.0239. The summed E-state index contributed by atoms with van der Waals surface area (Å²) in [7, 11) is 0. The number of nitrogens with zero attached hydrogens (tertiary/aromatic N) is 2. The predicted octanol–water partition coefficient (Wildman–Crippen LogP) is 1.56. The molecule has 0 amide bonds. The van der Waals surface area contributed by atoms with Crippen LogP contribution in [0.3, 0.4) is 0 Å². The molecule has 1 unspecified atom stereocenters. The van der Waals surface area contributed by atoms with Gasteiger partial charge in [-0.05, 0) is 31.9 Å². The number of aliphatic hydroxyl groups excluding tert-OH is 1. The molecule has 3 nitrogen and oxygen atoms in total. The van der Waals surface area contributed by atoms with E-state index in [9.17, 15) is 0 Å². The minimum Gasteiger partial charge on any atom is -0.390 e. The molecule has 1 N–H and O–H groups in total. The summed E-state index contributed by atoms with van der Waals surface area (Å²) >= 11 is 0. The van der Waals surface area contributed by atoms with Crippen molar-refractivity contribution in [3.05, 3.63) is 24.0 Å². The van der Waals surface area contributed by atoms with Crippen molar-refractivity contribution in [2.24, 2.45) is 0 Å². The van der Waals surface area contributed by atoms with E-state index in [1.807, 2.05) is 12.1 Å². The number of pyridine rings is 1. The van der Waals surface area contributed by atoms with Crippen molar-refractivity contribution in [3.8, 4) is 0 Å². The molecule has 14 heavy (non-hydrogen) atoms. The van der Waals surface area contributed by atoms with Crippen molar-refractivity contribution in [2.75, 3.05) is 11.4 Å². The van der Waals surface area contributed by atoms with Gasteiger partial charge in [0, 0.05) is 24.5 Å². The molecule has 0 radical (unpaired) electrons. The van der Waals surface area contributed by atoms with E-state index in [2.05, 4.69) is 16.8 Å². The first kappa shape index (κ1) is 9.46. The van der Waals surface area contributed by atoms with E-state index in [1.54, 1.807) is 6.20 Å². The molecular formula is C11H16N2O. The monoisotopic (exact) mass is 192 g/mol. The Morgan fingerprint density at radius 3 is 3.14 bits per heavy atom. The van der Waals surface area contributed by atoms with Gasteiger partial charge in [0.25, 0.3) is 0 Å². The van der Waals surface area contributed by atoms with E-state index in [4.69, 9.17) is 5.11 Å². The standard InChI is InChI=1S/C11H16N2O/c1-9-3-2-6-13(9)11-4-5-12-10(7-11)8-14/h4-5,7,9,14H,2-3,6,8H2,1H3. The van der Waals surface area contributed by atoms with Crippen LogP contribution in [0.4, 0.5) is 5.69 Å². The van der Waals surface area contributed by atoms with Crippen molar-refractivity contribution in [2.45, 2.75) is 32.4 Å². The number of rotatable bonds is 2. The molecule has 1 atom stereocenters. The van der Waals surface area contributed by atoms with E-state index in [0.29, 0.717) is 6.04 Å². The van der Waals surface area contributed by atoms with Gasteiger partial charge >= 0.3 is 0 Å². The number of aliphatic hydroxyl groups is 1. The van der Waals surface area contributed by atoms with Crippen LogP contribution in [-0.2, 0) is 6.61 Å². The predicted molar refractivity (Wildman–Crippen MR) is 56.2 cm³/mol. The topological polar surface area (TPSA) is 36.4 Å². The van der Waals surface area contributed by atoms with Crippen LogP contribution in [0.1, 0.15) is 25.5 Å². The van der Waals surface area contributed by atoms with Crippen molar-refractivity contribution in [3.63, 3.8) is 0 Å². The quantitative estimate of drug-likeness (QED) is 0.772. The van der Waals surface area contributed by atoms with Crippen molar-refractivity contribution >= 4 is 5.69 Å². The van der Waals surface area contributed by atoms with Gasteiger partial charge in [0.15, 0.2) is 0 Å². The van der Waals surface area contributed by atoms with E-state index in [0.717, 1.165) is 12.2 Å². The van der Waals surface area contributed by atoms with Gasteiger partial charge in [-0.3, -0.25) is 4.98 Å². The van der Waals surface area contributed by atoms with Crippen molar-refractivity contribution in [1.29, 1.82) is 0 Å². The van der Waals surface area contributed by atoms with E-state index >= 15 is 0 Å². The Bertz CT molecular complexity index is 314. The molecule has 3 heteroatoms. The number of hydrogen-bond donors (Lipinski definition) is 1. The van der Waals surface area contributed by atoms with Crippen LogP contribution in [-0.4, -0.2) is 22.7 Å².